The van der Waals surface area contributed by atoms with Gasteiger partial charge >= 0.3 is 0 Å². The Morgan fingerprint density at radius 2 is 2.12 bits per heavy atom. The van der Waals surface area contributed by atoms with Gasteiger partial charge in [-0.15, -0.1) is 0 Å². The molecule has 0 unspecified atom stereocenters. The van der Waals surface area contributed by atoms with Crippen molar-refractivity contribution in [1.29, 1.82) is 0 Å². The van der Waals surface area contributed by atoms with E-state index < -0.39 is 0 Å². The number of benzene rings is 1. The van der Waals surface area contributed by atoms with Crippen molar-refractivity contribution >= 4 is 17.4 Å². The predicted octanol–water partition coefficient (Wildman–Crippen LogP) is 2.96. The van der Waals surface area contributed by atoms with Gasteiger partial charge in [0.25, 0.3) is 0 Å². The van der Waals surface area contributed by atoms with E-state index in [9.17, 15) is 4.79 Å². The van der Waals surface area contributed by atoms with Crippen LogP contribution >= 0.6 is 11.6 Å². The van der Waals surface area contributed by atoms with Crippen LogP contribution in [0.5, 0.6) is 5.75 Å². The minimum Gasteiger partial charge on any atom is -0.491 e. The molecule has 0 heterocycles. The molecule has 0 bridgehead atoms. The summed E-state index contributed by atoms with van der Waals surface area (Å²) in [5.74, 6) is 0.598. The third-order valence-corrected chi connectivity index (χ3v) is 2.33. The molecule has 0 aliphatic rings. The Morgan fingerprint density at radius 1 is 1.38 bits per heavy atom. The molecule has 0 amide bonds. The monoisotopic (exact) mass is 242 g/mol. The summed E-state index contributed by atoms with van der Waals surface area (Å²) in [4.78, 5) is 11.1. The van der Waals surface area contributed by atoms with E-state index in [4.69, 9.17) is 21.1 Å². The van der Waals surface area contributed by atoms with E-state index in [0.29, 0.717) is 36.2 Å². The van der Waals surface area contributed by atoms with E-state index in [-0.39, 0.29) is 5.78 Å². The Hall–Kier alpha value is -1.06. The molecule has 3 nitrogen and oxygen atoms in total. The zero-order valence-corrected chi connectivity index (χ0v) is 10.2. The maximum absolute atomic E-state index is 11.1. The van der Waals surface area contributed by atoms with Crippen molar-refractivity contribution in [3.05, 3.63) is 28.8 Å². The molecule has 0 aliphatic carbocycles. The number of carbonyl (C=O) groups is 1. The molecule has 0 saturated carbocycles. The Labute approximate surface area is 100 Å². The molecule has 0 atom stereocenters. The first-order valence-corrected chi connectivity index (χ1v) is 5.54. The summed E-state index contributed by atoms with van der Waals surface area (Å²) < 4.78 is 10.5. The fourth-order valence-corrected chi connectivity index (χ4v) is 1.54. The second kappa shape index (κ2) is 6.51. The van der Waals surface area contributed by atoms with Gasteiger partial charge in [0, 0.05) is 12.2 Å². The Balaban J connectivity index is 2.56. The number of ketones is 1. The van der Waals surface area contributed by atoms with E-state index >= 15 is 0 Å². The molecule has 88 valence electrons. The van der Waals surface area contributed by atoms with Crippen LogP contribution in [0.25, 0.3) is 0 Å². The maximum Gasteiger partial charge on any atom is 0.161 e. The Kier molecular flexibility index (Phi) is 5.29. The molecule has 1 aromatic carbocycles. The molecule has 4 heteroatoms. The molecule has 16 heavy (non-hydrogen) atoms. The van der Waals surface area contributed by atoms with Gasteiger partial charge < -0.3 is 9.47 Å². The Morgan fingerprint density at radius 3 is 2.69 bits per heavy atom. The summed E-state index contributed by atoms with van der Waals surface area (Å²) in [7, 11) is 0. The van der Waals surface area contributed by atoms with Gasteiger partial charge in [0.15, 0.2) is 5.78 Å². The fraction of sp³-hybridized carbons (Fsp3) is 0.417. The van der Waals surface area contributed by atoms with Crippen molar-refractivity contribution in [3.8, 4) is 5.75 Å². The first-order valence-electron chi connectivity index (χ1n) is 5.16. The molecule has 1 aromatic rings. The third-order valence-electron chi connectivity index (χ3n) is 2.02. The summed E-state index contributed by atoms with van der Waals surface area (Å²) in [6.07, 6.45) is 0. The van der Waals surface area contributed by atoms with Crippen molar-refractivity contribution in [2.24, 2.45) is 0 Å². The van der Waals surface area contributed by atoms with Crippen molar-refractivity contribution in [2.75, 3.05) is 19.8 Å². The van der Waals surface area contributed by atoms with E-state index in [1.165, 1.54) is 6.92 Å². The number of rotatable bonds is 6. The number of carbonyl (C=O) groups excluding carboxylic acids is 1. The molecular formula is C12H15ClO3. The average Bonchev–Trinajstić information content (AvgIpc) is 2.24. The minimum atomic E-state index is -0.0501. The lowest BCUT2D eigenvalue weighted by atomic mass is 10.1. The largest absolute Gasteiger partial charge is 0.491 e. The van der Waals surface area contributed by atoms with Gasteiger partial charge in [0.1, 0.15) is 12.4 Å². The Bertz CT molecular complexity index is 363. The van der Waals surface area contributed by atoms with E-state index in [1.54, 1.807) is 18.2 Å². The number of hydrogen-bond donors (Lipinski definition) is 0. The summed E-state index contributed by atoms with van der Waals surface area (Å²) in [5.41, 5.74) is 0.513. The van der Waals surface area contributed by atoms with Crippen LogP contribution in [-0.2, 0) is 4.74 Å². The number of ether oxygens (including phenoxy) is 2. The highest BCUT2D eigenvalue weighted by Crippen LogP contribution is 2.22. The second-order valence-corrected chi connectivity index (χ2v) is 3.65. The van der Waals surface area contributed by atoms with Gasteiger partial charge in [0.2, 0.25) is 0 Å². The first kappa shape index (κ1) is 13.0. The van der Waals surface area contributed by atoms with Crippen LogP contribution in [0.1, 0.15) is 24.2 Å². The normalized spacial score (nSPS) is 10.2. The van der Waals surface area contributed by atoms with Crippen LogP contribution in [0, 0.1) is 0 Å². The summed E-state index contributed by atoms with van der Waals surface area (Å²) in [5, 5.41) is 0.418. The molecular weight excluding hydrogens is 228 g/mol. The van der Waals surface area contributed by atoms with Gasteiger partial charge in [-0.3, -0.25) is 4.79 Å². The van der Waals surface area contributed by atoms with Gasteiger partial charge in [-0.1, -0.05) is 11.6 Å². The molecule has 0 aromatic heterocycles. The molecule has 0 saturated heterocycles. The molecule has 0 radical (unpaired) electrons. The summed E-state index contributed by atoms with van der Waals surface area (Å²) in [6.45, 7) is 5.11. The zero-order valence-electron chi connectivity index (χ0n) is 9.46. The first-order chi connectivity index (χ1) is 7.65. The molecule has 1 rings (SSSR count). The molecule has 0 N–H and O–H groups in total. The van der Waals surface area contributed by atoms with Crippen molar-refractivity contribution in [1.82, 2.24) is 0 Å². The molecule has 0 aliphatic heterocycles. The predicted molar refractivity (Wildman–Crippen MR) is 63.4 cm³/mol. The lowest BCUT2D eigenvalue weighted by molar-refractivity contribution is 0.101. The minimum absolute atomic E-state index is 0.0501. The highest BCUT2D eigenvalue weighted by Gasteiger charge is 2.06. The van der Waals surface area contributed by atoms with Gasteiger partial charge in [-0.25, -0.2) is 0 Å². The standard InChI is InChI=1S/C12H15ClO3/c1-3-15-6-7-16-10-4-5-11(9(2)14)12(13)8-10/h4-5,8H,3,6-7H2,1-2H3. The number of Topliss-reactive ketones (excluding diaryl/α,β-unsaturated/α-hetero) is 1. The van der Waals surface area contributed by atoms with Crippen LogP contribution < -0.4 is 4.74 Å². The highest BCUT2D eigenvalue weighted by molar-refractivity contribution is 6.34. The van der Waals surface area contributed by atoms with Gasteiger partial charge in [-0.05, 0) is 32.0 Å². The quantitative estimate of drug-likeness (QED) is 0.568. The van der Waals surface area contributed by atoms with Crippen LogP contribution in [0.4, 0.5) is 0 Å². The van der Waals surface area contributed by atoms with Crippen LogP contribution in [0.2, 0.25) is 5.02 Å². The number of halogens is 1. The SMILES string of the molecule is CCOCCOc1ccc(C(C)=O)c(Cl)c1. The lowest BCUT2D eigenvalue weighted by Gasteiger charge is -2.07. The van der Waals surface area contributed by atoms with E-state index in [0.717, 1.165) is 0 Å². The molecule has 0 fully saturated rings. The smallest absolute Gasteiger partial charge is 0.161 e. The van der Waals surface area contributed by atoms with Crippen molar-refractivity contribution in [2.45, 2.75) is 13.8 Å². The second-order valence-electron chi connectivity index (χ2n) is 3.24. The van der Waals surface area contributed by atoms with Crippen molar-refractivity contribution in [3.63, 3.8) is 0 Å². The zero-order chi connectivity index (χ0) is 12.0. The lowest BCUT2D eigenvalue weighted by Crippen LogP contribution is -2.06. The molecule has 0 spiro atoms. The van der Waals surface area contributed by atoms with Crippen molar-refractivity contribution < 1.29 is 14.3 Å². The maximum atomic E-state index is 11.1. The van der Waals surface area contributed by atoms with Crippen LogP contribution in [-0.4, -0.2) is 25.6 Å². The van der Waals surface area contributed by atoms with Gasteiger partial charge in [0.05, 0.1) is 11.6 Å². The number of hydrogen-bond acceptors (Lipinski definition) is 3. The average molecular weight is 243 g/mol. The van der Waals surface area contributed by atoms with Gasteiger partial charge in [-0.2, -0.15) is 0 Å². The van der Waals surface area contributed by atoms with E-state index in [2.05, 4.69) is 0 Å². The van der Waals surface area contributed by atoms with E-state index in [1.807, 2.05) is 6.92 Å². The summed E-state index contributed by atoms with van der Waals surface area (Å²) >= 11 is 5.93. The fourth-order valence-electron chi connectivity index (χ4n) is 1.23. The summed E-state index contributed by atoms with van der Waals surface area (Å²) in [6, 6.07) is 5.04. The topological polar surface area (TPSA) is 35.5 Å². The third kappa shape index (κ3) is 3.83. The highest BCUT2D eigenvalue weighted by atomic mass is 35.5. The van der Waals surface area contributed by atoms with Crippen LogP contribution in [0.3, 0.4) is 0 Å². The van der Waals surface area contributed by atoms with Crippen LogP contribution in [0.15, 0.2) is 18.2 Å².